The fraction of sp³-hybridized carbons (Fsp3) is 0.267. The fourth-order valence-electron chi connectivity index (χ4n) is 1.72. The van der Waals surface area contributed by atoms with E-state index in [9.17, 15) is 4.79 Å². The van der Waals surface area contributed by atoms with Gasteiger partial charge in [-0.15, -0.1) is 0 Å². The molecule has 0 atom stereocenters. The average molecular weight is 330 g/mol. The number of hydrogen-bond acceptors (Lipinski definition) is 7. The smallest absolute Gasteiger partial charge is 0.414 e. The number of carbonyl (C=O) groups is 1. The Morgan fingerprint density at radius 1 is 1.33 bits per heavy atom. The highest BCUT2D eigenvalue weighted by Crippen LogP contribution is 2.17. The number of nitrogens with zero attached hydrogens (tertiary/aromatic N) is 3. The fourth-order valence-corrected chi connectivity index (χ4v) is 1.72. The highest BCUT2D eigenvalue weighted by Gasteiger charge is 2.07. The maximum atomic E-state index is 11.3. The summed E-state index contributed by atoms with van der Waals surface area (Å²) in [4.78, 5) is 23.9. The number of nitrogens with one attached hydrogen (secondary N) is 2. The molecule has 0 aliphatic rings. The van der Waals surface area contributed by atoms with Crippen LogP contribution in [-0.4, -0.2) is 33.6 Å². The number of rotatable bonds is 6. The van der Waals surface area contributed by atoms with Crippen LogP contribution in [0.5, 0.6) is 6.01 Å². The summed E-state index contributed by atoms with van der Waals surface area (Å²) in [7, 11) is 0. The molecule has 0 unspecified atom stereocenters. The zero-order valence-electron chi connectivity index (χ0n) is 13.2. The molecule has 0 saturated heterocycles. The predicted molar refractivity (Wildman–Crippen MR) is 86.3 cm³/mol. The van der Waals surface area contributed by atoms with Crippen LogP contribution in [0.3, 0.4) is 0 Å². The van der Waals surface area contributed by atoms with E-state index in [2.05, 4.69) is 15.0 Å². The lowest BCUT2D eigenvalue weighted by molar-refractivity contribution is 0.143. The van der Waals surface area contributed by atoms with E-state index in [-0.39, 0.29) is 6.61 Å². The van der Waals surface area contributed by atoms with E-state index < -0.39 is 12.1 Å². The Kier molecular flexibility index (Phi) is 6.01. The third-order valence-corrected chi connectivity index (χ3v) is 2.75. The first kappa shape index (κ1) is 17.1. The third-order valence-electron chi connectivity index (χ3n) is 2.75. The summed E-state index contributed by atoms with van der Waals surface area (Å²) in [6, 6.07) is 5.61. The highest BCUT2D eigenvalue weighted by atomic mass is 16.5. The normalized spacial score (nSPS) is 10.0. The molecule has 0 radical (unpaired) electrons. The summed E-state index contributed by atoms with van der Waals surface area (Å²) in [6.45, 7) is 2.51. The van der Waals surface area contributed by atoms with Gasteiger partial charge in [0.2, 0.25) is 0 Å². The van der Waals surface area contributed by atoms with Crippen LogP contribution in [0.2, 0.25) is 0 Å². The first-order valence-electron chi connectivity index (χ1n) is 7.27. The van der Waals surface area contributed by atoms with Gasteiger partial charge in [0.25, 0.3) is 0 Å². The van der Waals surface area contributed by atoms with Crippen molar-refractivity contribution in [2.45, 2.75) is 20.0 Å². The maximum absolute atomic E-state index is 11.3. The molecule has 0 aliphatic heterocycles. The van der Waals surface area contributed by atoms with E-state index in [0.717, 1.165) is 6.42 Å². The minimum absolute atomic E-state index is 0.0501. The second-order valence-corrected chi connectivity index (χ2v) is 4.73. The third kappa shape index (κ3) is 5.20. The Balaban J connectivity index is 2.01. The minimum Gasteiger partial charge on any atom is -0.463 e. The lowest BCUT2D eigenvalue weighted by Gasteiger charge is -2.07. The summed E-state index contributed by atoms with van der Waals surface area (Å²) in [5, 5.41) is 8.96. The van der Waals surface area contributed by atoms with Gasteiger partial charge in [-0.2, -0.15) is 0 Å². The number of guanidine groups is 1. The predicted octanol–water partition coefficient (Wildman–Crippen LogP) is 1.45. The van der Waals surface area contributed by atoms with E-state index in [1.165, 1.54) is 0 Å². The van der Waals surface area contributed by atoms with Crippen LogP contribution >= 0.6 is 0 Å². The van der Waals surface area contributed by atoms with Gasteiger partial charge in [0.15, 0.2) is 5.96 Å². The van der Waals surface area contributed by atoms with Gasteiger partial charge in [0.05, 0.1) is 18.0 Å². The SMILES string of the molecule is CCCOc1ncc(-c2cccc(COC(=O)NC(=N)N)n2)cn1. The Bertz CT molecular complexity index is 705. The highest BCUT2D eigenvalue weighted by molar-refractivity contribution is 5.90. The van der Waals surface area contributed by atoms with Crippen LogP contribution in [-0.2, 0) is 11.3 Å². The van der Waals surface area contributed by atoms with Crippen molar-refractivity contribution >= 4 is 12.1 Å². The summed E-state index contributed by atoms with van der Waals surface area (Å²) in [5.41, 5.74) is 6.94. The number of hydrogen-bond donors (Lipinski definition) is 3. The first-order chi connectivity index (χ1) is 11.6. The molecule has 4 N–H and O–H groups in total. The van der Waals surface area contributed by atoms with Gasteiger partial charge >= 0.3 is 12.1 Å². The molecule has 0 fully saturated rings. The van der Waals surface area contributed by atoms with Crippen molar-refractivity contribution in [2.24, 2.45) is 5.73 Å². The number of pyridine rings is 1. The molecule has 9 nitrogen and oxygen atoms in total. The largest absolute Gasteiger partial charge is 0.463 e. The van der Waals surface area contributed by atoms with E-state index in [1.807, 2.05) is 12.2 Å². The monoisotopic (exact) mass is 330 g/mol. The van der Waals surface area contributed by atoms with Gasteiger partial charge in [-0.1, -0.05) is 13.0 Å². The van der Waals surface area contributed by atoms with Crippen LogP contribution in [0.15, 0.2) is 30.6 Å². The molecule has 2 aromatic heterocycles. The van der Waals surface area contributed by atoms with E-state index in [1.54, 1.807) is 30.6 Å². The van der Waals surface area contributed by atoms with Crippen LogP contribution in [0.1, 0.15) is 19.0 Å². The number of amides is 1. The summed E-state index contributed by atoms with van der Waals surface area (Å²) < 4.78 is 10.2. The Labute approximate surface area is 138 Å². The lowest BCUT2D eigenvalue weighted by Crippen LogP contribution is -2.36. The molecule has 0 aromatic carbocycles. The molecule has 24 heavy (non-hydrogen) atoms. The summed E-state index contributed by atoms with van der Waals surface area (Å²) in [5.74, 6) is -0.482. The zero-order valence-corrected chi connectivity index (χ0v) is 13.2. The molecule has 2 rings (SSSR count). The van der Waals surface area contributed by atoms with Gasteiger partial charge in [0.1, 0.15) is 6.61 Å². The molecule has 0 aliphatic carbocycles. The molecule has 126 valence electrons. The van der Waals surface area contributed by atoms with Crippen molar-refractivity contribution in [3.63, 3.8) is 0 Å². The Morgan fingerprint density at radius 3 is 2.75 bits per heavy atom. The second-order valence-electron chi connectivity index (χ2n) is 4.73. The molecule has 0 bridgehead atoms. The first-order valence-corrected chi connectivity index (χ1v) is 7.27. The van der Waals surface area contributed by atoms with Crippen molar-refractivity contribution in [3.05, 3.63) is 36.3 Å². The minimum atomic E-state index is -0.810. The quantitative estimate of drug-likeness (QED) is 0.538. The Morgan fingerprint density at radius 2 is 2.08 bits per heavy atom. The van der Waals surface area contributed by atoms with Crippen LogP contribution in [0.25, 0.3) is 11.3 Å². The molecule has 2 heterocycles. The number of aromatic nitrogens is 3. The molecule has 9 heteroatoms. The van der Waals surface area contributed by atoms with Crippen molar-refractivity contribution < 1.29 is 14.3 Å². The molecule has 0 saturated carbocycles. The number of nitrogens with two attached hydrogens (primary N) is 1. The summed E-state index contributed by atoms with van der Waals surface area (Å²) in [6.07, 6.45) is 3.31. The molecule has 2 aromatic rings. The van der Waals surface area contributed by atoms with Gasteiger partial charge in [0, 0.05) is 18.0 Å². The van der Waals surface area contributed by atoms with Crippen LogP contribution < -0.4 is 15.8 Å². The van der Waals surface area contributed by atoms with Gasteiger partial charge in [-0.3, -0.25) is 10.7 Å². The topological polar surface area (TPSA) is 136 Å². The van der Waals surface area contributed by atoms with Crippen molar-refractivity contribution in [2.75, 3.05) is 6.61 Å². The molecular formula is C15H18N6O3. The lowest BCUT2D eigenvalue weighted by atomic mass is 10.2. The van der Waals surface area contributed by atoms with Crippen LogP contribution in [0, 0.1) is 5.41 Å². The van der Waals surface area contributed by atoms with Crippen LogP contribution in [0.4, 0.5) is 4.79 Å². The Hall–Kier alpha value is -3.23. The number of ether oxygens (including phenoxy) is 2. The average Bonchev–Trinajstić information content (AvgIpc) is 2.58. The van der Waals surface area contributed by atoms with E-state index in [4.69, 9.17) is 20.6 Å². The van der Waals surface area contributed by atoms with Gasteiger partial charge in [-0.25, -0.2) is 19.7 Å². The number of alkyl carbamates (subject to hydrolysis) is 1. The second kappa shape index (κ2) is 8.42. The maximum Gasteiger partial charge on any atom is 0.414 e. The van der Waals surface area contributed by atoms with Crippen molar-refractivity contribution in [1.82, 2.24) is 20.3 Å². The van der Waals surface area contributed by atoms with E-state index in [0.29, 0.717) is 29.6 Å². The summed E-state index contributed by atoms with van der Waals surface area (Å²) >= 11 is 0. The molecule has 0 spiro atoms. The van der Waals surface area contributed by atoms with Gasteiger partial charge in [-0.05, 0) is 18.6 Å². The number of carbonyl (C=O) groups excluding carboxylic acids is 1. The zero-order chi connectivity index (χ0) is 17.4. The standard InChI is InChI=1S/C15H18N6O3/c1-2-6-23-14-18-7-10(8-19-14)12-5-3-4-11(20-12)9-24-15(22)21-13(16)17/h3-5,7-8H,2,6,9H2,1H3,(H4,16,17,21,22). The molecular weight excluding hydrogens is 312 g/mol. The van der Waals surface area contributed by atoms with Crippen molar-refractivity contribution in [3.8, 4) is 17.3 Å². The van der Waals surface area contributed by atoms with Gasteiger partial charge < -0.3 is 15.2 Å². The molecule has 1 amide bonds. The van der Waals surface area contributed by atoms with Crippen molar-refractivity contribution in [1.29, 1.82) is 5.41 Å². The van der Waals surface area contributed by atoms with E-state index >= 15 is 0 Å².